The van der Waals surface area contributed by atoms with Gasteiger partial charge in [-0.3, -0.25) is 4.79 Å². The lowest BCUT2D eigenvalue weighted by Gasteiger charge is -2.39. The van der Waals surface area contributed by atoms with Crippen LogP contribution in [-0.2, 0) is 28.9 Å². The van der Waals surface area contributed by atoms with Crippen LogP contribution in [0.15, 0.2) is 133 Å². The van der Waals surface area contributed by atoms with Gasteiger partial charge in [0.05, 0.1) is 46.0 Å². The third kappa shape index (κ3) is 8.96. The molecule has 1 aliphatic rings. The minimum Gasteiger partial charge on any atom is -0.497 e. The Hall–Kier alpha value is -5.63. The topological polar surface area (TPSA) is 112 Å². The average Bonchev–Trinajstić information content (AvgIpc) is 3.71. The number of carbonyl (C=O) groups excluding carboxylic acids is 1. The number of nitrogens with one attached hydrogen (secondary N) is 1. The molecule has 1 aliphatic heterocycles. The van der Waals surface area contributed by atoms with E-state index in [1.54, 1.807) is 14.2 Å². The highest BCUT2D eigenvalue weighted by Crippen LogP contribution is 2.50. The zero-order chi connectivity index (χ0) is 44.1. The first-order valence-electron chi connectivity index (χ1n) is 21.5. The quantitative estimate of drug-likeness (QED) is 0.0390. The van der Waals surface area contributed by atoms with Gasteiger partial charge in [0.15, 0.2) is 0 Å². The number of methoxy groups -OCH3 is 2. The molecule has 0 aromatic heterocycles. The molecule has 63 heavy (non-hydrogen) atoms. The van der Waals surface area contributed by atoms with Gasteiger partial charge in [-0.15, -0.1) is 0 Å². The van der Waals surface area contributed by atoms with E-state index < -0.39 is 32.4 Å². The molecule has 7 aromatic carbocycles. The van der Waals surface area contributed by atoms with Crippen LogP contribution in [0.1, 0.15) is 57.2 Å². The van der Waals surface area contributed by atoms with E-state index in [1.165, 1.54) is 5.39 Å². The third-order valence-electron chi connectivity index (χ3n) is 11.8. The summed E-state index contributed by atoms with van der Waals surface area (Å²) >= 11 is 0. The van der Waals surface area contributed by atoms with Crippen molar-refractivity contribution in [2.24, 2.45) is 0 Å². The van der Waals surface area contributed by atoms with Crippen LogP contribution in [0.5, 0.6) is 11.5 Å². The molecule has 0 bridgehead atoms. The molecule has 1 amide bonds. The number of nitriles is 1. The van der Waals surface area contributed by atoms with E-state index in [2.05, 4.69) is 104 Å². The SMILES string of the molecule is COc1ccc(C(OC[C@H]2O[C@@H](C(=O)Nc3ccc4ccc5cccc6ccc3c4c56)C[C@@H]2OP(OCCC#N)N(C(C)C)C(C)C)(c2ccccc2)c2ccc(OC)cc2)cc1. The molecule has 1 N–H and O–H groups in total. The second kappa shape index (κ2) is 19.4. The maximum atomic E-state index is 14.6. The number of anilines is 1. The van der Waals surface area contributed by atoms with Crippen molar-refractivity contribution in [2.45, 2.75) is 76.5 Å². The standard InChI is InChI=1S/C52H54N3O7P/c1-34(2)55(35(3)4)63(60-31-11-30-53)62-46-32-47(51(56)54-45-29-19-38-17-16-36-12-10-13-37-18-28-44(45)50(38)49(36)37)61-48(46)33-59-52(39-14-8-7-9-15-39,40-20-24-42(57-5)25-21-40)41-22-26-43(58-6)27-23-41/h7-10,12-29,34-35,46-48H,11,31-33H2,1-6H3,(H,54,56)/t46-,47+,48+,63?/m0/s1. The Labute approximate surface area is 370 Å². The average molecular weight is 864 g/mol. The van der Waals surface area contributed by atoms with Gasteiger partial charge < -0.3 is 33.3 Å². The Balaban J connectivity index is 1.17. The second-order valence-electron chi connectivity index (χ2n) is 16.4. The van der Waals surface area contributed by atoms with Crippen molar-refractivity contribution in [2.75, 3.05) is 32.8 Å². The summed E-state index contributed by atoms with van der Waals surface area (Å²) < 4.78 is 40.9. The van der Waals surface area contributed by atoms with Crippen LogP contribution in [0.2, 0.25) is 0 Å². The smallest absolute Gasteiger partial charge is 0.259 e. The summed E-state index contributed by atoms with van der Waals surface area (Å²) in [6.07, 6.45) is -1.73. The number of benzene rings is 7. The third-order valence-corrected chi connectivity index (χ3v) is 14.0. The molecule has 1 heterocycles. The Kier molecular flexibility index (Phi) is 13.6. The first kappa shape index (κ1) is 44.0. The molecule has 1 fully saturated rings. The summed E-state index contributed by atoms with van der Waals surface area (Å²) in [5.41, 5.74) is 2.21. The van der Waals surface area contributed by atoms with Gasteiger partial charge in [-0.25, -0.2) is 4.67 Å². The van der Waals surface area contributed by atoms with Gasteiger partial charge in [0.2, 0.25) is 0 Å². The molecule has 0 radical (unpaired) electrons. The maximum Gasteiger partial charge on any atom is 0.259 e. The van der Waals surface area contributed by atoms with Gasteiger partial charge in [-0.05, 0) is 102 Å². The lowest BCUT2D eigenvalue weighted by atomic mass is 9.80. The van der Waals surface area contributed by atoms with Gasteiger partial charge in [-0.1, -0.05) is 103 Å². The minimum absolute atomic E-state index is 0.0465. The molecule has 11 heteroatoms. The van der Waals surface area contributed by atoms with Crippen molar-refractivity contribution in [1.29, 1.82) is 5.26 Å². The monoisotopic (exact) mass is 863 g/mol. The molecule has 0 spiro atoms. The fourth-order valence-corrected chi connectivity index (χ4v) is 10.7. The van der Waals surface area contributed by atoms with Crippen LogP contribution in [0.3, 0.4) is 0 Å². The summed E-state index contributed by atoms with van der Waals surface area (Å²) in [7, 11) is 1.61. The van der Waals surface area contributed by atoms with Gasteiger partial charge >= 0.3 is 0 Å². The molecule has 7 aromatic rings. The van der Waals surface area contributed by atoms with Crippen LogP contribution in [-0.4, -0.2) is 68.4 Å². The normalized spacial score (nSPS) is 17.2. The van der Waals surface area contributed by atoms with Gasteiger partial charge in [0.25, 0.3) is 14.4 Å². The van der Waals surface area contributed by atoms with E-state index in [4.69, 9.17) is 28.0 Å². The number of nitrogens with zero attached hydrogens (tertiary/aromatic N) is 2. The van der Waals surface area contributed by atoms with Gasteiger partial charge in [0, 0.05) is 29.6 Å². The van der Waals surface area contributed by atoms with Crippen molar-refractivity contribution in [3.63, 3.8) is 0 Å². The summed E-state index contributed by atoms with van der Waals surface area (Å²) in [6.45, 7) is 8.65. The van der Waals surface area contributed by atoms with Gasteiger partial charge in [0.1, 0.15) is 29.3 Å². The number of amides is 1. The highest BCUT2D eigenvalue weighted by Gasteiger charge is 2.46. The van der Waals surface area contributed by atoms with E-state index in [1.807, 2.05) is 72.8 Å². The van der Waals surface area contributed by atoms with Crippen molar-refractivity contribution in [1.82, 2.24) is 4.67 Å². The second-order valence-corrected chi connectivity index (χ2v) is 17.8. The predicted molar refractivity (Wildman–Crippen MR) is 250 cm³/mol. The molecule has 0 saturated carbocycles. The van der Waals surface area contributed by atoms with Crippen molar-refractivity contribution in [3.8, 4) is 17.6 Å². The molecular weight excluding hydrogens is 810 g/mol. The zero-order valence-electron chi connectivity index (χ0n) is 36.6. The number of carbonyl (C=O) groups is 1. The number of ether oxygens (including phenoxy) is 4. The fourth-order valence-electron chi connectivity index (χ4n) is 8.89. The molecule has 1 saturated heterocycles. The van der Waals surface area contributed by atoms with E-state index >= 15 is 0 Å². The Morgan fingerprint density at radius 1 is 0.762 bits per heavy atom. The summed E-state index contributed by atoms with van der Waals surface area (Å²) in [5.74, 6) is 1.15. The number of rotatable bonds is 18. The van der Waals surface area contributed by atoms with E-state index in [9.17, 15) is 10.1 Å². The summed E-state index contributed by atoms with van der Waals surface area (Å²) in [4.78, 5) is 14.6. The van der Waals surface area contributed by atoms with Crippen LogP contribution in [0.25, 0.3) is 32.3 Å². The lowest BCUT2D eigenvalue weighted by molar-refractivity contribution is -0.130. The van der Waals surface area contributed by atoms with Crippen LogP contribution in [0.4, 0.5) is 5.69 Å². The molecule has 8 rings (SSSR count). The molecule has 4 atom stereocenters. The van der Waals surface area contributed by atoms with Crippen LogP contribution in [0, 0.1) is 11.3 Å². The largest absolute Gasteiger partial charge is 0.497 e. The fraction of sp³-hybridized carbons (Fsp3) is 0.308. The highest BCUT2D eigenvalue weighted by atomic mass is 31.2. The van der Waals surface area contributed by atoms with Crippen molar-refractivity contribution in [3.05, 3.63) is 150 Å². The Morgan fingerprint density at radius 3 is 1.92 bits per heavy atom. The zero-order valence-corrected chi connectivity index (χ0v) is 37.5. The first-order valence-corrected chi connectivity index (χ1v) is 22.6. The molecule has 10 nitrogen and oxygen atoms in total. The first-order chi connectivity index (χ1) is 30.6. The van der Waals surface area contributed by atoms with E-state index in [-0.39, 0.29) is 44.0 Å². The van der Waals surface area contributed by atoms with Crippen LogP contribution < -0.4 is 14.8 Å². The highest BCUT2D eigenvalue weighted by molar-refractivity contribution is 7.44. The van der Waals surface area contributed by atoms with Crippen molar-refractivity contribution >= 4 is 52.4 Å². The number of hydrogen-bond donors (Lipinski definition) is 1. The lowest BCUT2D eigenvalue weighted by Crippen LogP contribution is -2.39. The van der Waals surface area contributed by atoms with E-state index in [0.717, 1.165) is 43.6 Å². The van der Waals surface area contributed by atoms with Crippen LogP contribution >= 0.6 is 8.53 Å². The molecule has 1 unspecified atom stereocenters. The summed E-state index contributed by atoms with van der Waals surface area (Å²) in [5, 5.41) is 19.3. The summed E-state index contributed by atoms with van der Waals surface area (Å²) in [6, 6.07) is 47.0. The molecule has 324 valence electrons. The molecular formula is C52H54N3O7P. The minimum atomic E-state index is -1.68. The molecule has 0 aliphatic carbocycles. The van der Waals surface area contributed by atoms with Crippen molar-refractivity contribution < 1.29 is 32.8 Å². The Bertz CT molecular complexity index is 2600. The maximum absolute atomic E-state index is 14.6. The number of hydrogen-bond acceptors (Lipinski definition) is 9. The van der Waals surface area contributed by atoms with Gasteiger partial charge in [-0.2, -0.15) is 5.26 Å². The Morgan fingerprint density at radius 2 is 1.33 bits per heavy atom. The van der Waals surface area contributed by atoms with E-state index in [0.29, 0.717) is 17.2 Å². The predicted octanol–water partition coefficient (Wildman–Crippen LogP) is 11.4.